The average Bonchev–Trinajstić information content (AvgIpc) is 3.07. The van der Waals surface area contributed by atoms with Crippen molar-refractivity contribution in [2.24, 2.45) is 0 Å². The first-order valence-electron chi connectivity index (χ1n) is 8.02. The number of anilines is 4. The van der Waals surface area contributed by atoms with Gasteiger partial charge in [-0.2, -0.15) is 0 Å². The molecule has 3 heterocycles. The van der Waals surface area contributed by atoms with Crippen LogP contribution in [0.2, 0.25) is 5.02 Å². The zero-order chi connectivity index (χ0) is 19.7. The number of thiazole rings is 1. The predicted octanol–water partition coefficient (Wildman–Crippen LogP) is 4.84. The number of pyridine rings is 1. The summed E-state index contributed by atoms with van der Waals surface area (Å²) in [7, 11) is 0. The number of nitrogens with zero attached hydrogens (tertiary/aromatic N) is 5. The normalized spacial score (nSPS) is 10.8. The summed E-state index contributed by atoms with van der Waals surface area (Å²) in [6, 6.07) is 9.05. The summed E-state index contributed by atoms with van der Waals surface area (Å²) in [4.78, 5) is 27.7. The quantitative estimate of drug-likeness (QED) is 0.352. The molecule has 4 aromatic rings. The molecule has 2 N–H and O–H groups in total. The largest absolute Gasteiger partial charge is 0.354 e. The Morgan fingerprint density at radius 3 is 2.57 bits per heavy atom. The van der Waals surface area contributed by atoms with Crippen LogP contribution in [0.3, 0.4) is 0 Å². The number of hydrogen-bond donors (Lipinski definition) is 2. The molecule has 0 fully saturated rings. The van der Waals surface area contributed by atoms with Crippen molar-refractivity contribution in [1.29, 1.82) is 0 Å². The predicted molar refractivity (Wildman–Crippen MR) is 109 cm³/mol. The van der Waals surface area contributed by atoms with E-state index >= 15 is 0 Å². The van der Waals surface area contributed by atoms with Gasteiger partial charge in [0.25, 0.3) is 0 Å². The number of para-hydroxylation sites is 1. The lowest BCUT2D eigenvalue weighted by Gasteiger charge is -2.08. The molecule has 1 aromatic carbocycles. The number of nitro groups is 1. The lowest BCUT2D eigenvalue weighted by Crippen LogP contribution is -2.06. The average molecular weight is 414 g/mol. The van der Waals surface area contributed by atoms with Gasteiger partial charge in [0.15, 0.2) is 5.13 Å². The van der Waals surface area contributed by atoms with E-state index < -0.39 is 4.92 Å². The number of nitrogens with one attached hydrogen (secondary N) is 2. The van der Waals surface area contributed by atoms with Gasteiger partial charge in [-0.3, -0.25) is 10.1 Å². The van der Waals surface area contributed by atoms with Crippen molar-refractivity contribution in [3.05, 3.63) is 63.6 Å². The maximum atomic E-state index is 11.7. The van der Waals surface area contributed by atoms with Crippen LogP contribution in [0, 0.1) is 17.0 Å². The molecule has 0 unspecified atom stereocenters. The Kier molecular flexibility index (Phi) is 4.72. The number of aryl methyl sites for hydroxylation is 1. The fourth-order valence-corrected chi connectivity index (χ4v) is 3.60. The second-order valence-corrected chi connectivity index (χ2v) is 7.20. The Morgan fingerprint density at radius 1 is 1.11 bits per heavy atom. The Morgan fingerprint density at radius 2 is 1.89 bits per heavy atom. The SMILES string of the molecule is Cc1cccc2sc(Nc3ncnc(Nc4ccc(Cl)cn4)c3[N+](=O)[O-])nc12. The van der Waals surface area contributed by atoms with Gasteiger partial charge >= 0.3 is 5.69 Å². The van der Waals surface area contributed by atoms with E-state index in [2.05, 4.69) is 30.6 Å². The van der Waals surface area contributed by atoms with Crippen molar-refractivity contribution >= 4 is 61.4 Å². The number of fused-ring (bicyclic) bond motifs is 1. The van der Waals surface area contributed by atoms with E-state index in [1.165, 1.54) is 23.9 Å². The summed E-state index contributed by atoms with van der Waals surface area (Å²) in [5.41, 5.74) is 1.56. The fourth-order valence-electron chi connectivity index (χ4n) is 2.55. The first-order valence-corrected chi connectivity index (χ1v) is 9.22. The monoisotopic (exact) mass is 413 g/mol. The van der Waals surface area contributed by atoms with E-state index in [-0.39, 0.29) is 17.3 Å². The van der Waals surface area contributed by atoms with E-state index in [0.717, 1.165) is 15.8 Å². The molecular formula is C17H12ClN7O2S. The van der Waals surface area contributed by atoms with Crippen LogP contribution in [0.4, 0.5) is 28.3 Å². The Bertz CT molecular complexity index is 1180. The van der Waals surface area contributed by atoms with Gasteiger partial charge in [-0.15, -0.1) is 0 Å². The number of halogens is 1. The highest BCUT2D eigenvalue weighted by atomic mass is 35.5. The van der Waals surface area contributed by atoms with Gasteiger partial charge < -0.3 is 10.6 Å². The van der Waals surface area contributed by atoms with Gasteiger partial charge in [0.1, 0.15) is 12.1 Å². The molecule has 140 valence electrons. The van der Waals surface area contributed by atoms with Crippen LogP contribution >= 0.6 is 22.9 Å². The Hall–Kier alpha value is -3.37. The molecule has 0 saturated carbocycles. The topological polar surface area (TPSA) is 119 Å². The van der Waals surface area contributed by atoms with Gasteiger partial charge in [0.05, 0.1) is 20.2 Å². The number of rotatable bonds is 5. The molecule has 0 aliphatic rings. The molecule has 0 radical (unpaired) electrons. The van der Waals surface area contributed by atoms with Crippen LogP contribution in [-0.4, -0.2) is 24.9 Å². The van der Waals surface area contributed by atoms with E-state index in [4.69, 9.17) is 11.6 Å². The smallest absolute Gasteiger partial charge is 0.319 e. The van der Waals surface area contributed by atoms with E-state index in [0.29, 0.717) is 16.0 Å². The molecule has 0 spiro atoms. The standard InChI is InChI=1S/C17H12ClN7O2S/c1-9-3-2-4-11-13(9)23-17(28-11)24-16-14(25(26)27)15(20-8-21-16)22-12-6-5-10(18)7-19-12/h2-8H,1H3,(H2,19,20,21,22,23,24). The van der Waals surface area contributed by atoms with Crippen molar-refractivity contribution in [3.63, 3.8) is 0 Å². The molecule has 0 atom stereocenters. The van der Waals surface area contributed by atoms with Gasteiger partial charge in [-0.25, -0.2) is 19.9 Å². The zero-order valence-electron chi connectivity index (χ0n) is 14.4. The minimum atomic E-state index is -0.556. The van der Waals surface area contributed by atoms with Crippen LogP contribution in [0.15, 0.2) is 42.9 Å². The molecule has 0 aliphatic carbocycles. The Balaban J connectivity index is 1.71. The van der Waals surface area contributed by atoms with Crippen LogP contribution in [0.25, 0.3) is 10.2 Å². The molecule has 28 heavy (non-hydrogen) atoms. The van der Waals surface area contributed by atoms with Crippen LogP contribution in [-0.2, 0) is 0 Å². The minimum absolute atomic E-state index is 0.00890. The second-order valence-electron chi connectivity index (χ2n) is 5.73. The number of benzene rings is 1. The van der Waals surface area contributed by atoms with Crippen molar-refractivity contribution in [1.82, 2.24) is 19.9 Å². The molecule has 11 heteroatoms. The van der Waals surface area contributed by atoms with Crippen LogP contribution in [0.5, 0.6) is 0 Å². The molecule has 0 bridgehead atoms. The van der Waals surface area contributed by atoms with Gasteiger partial charge in [-0.1, -0.05) is 35.1 Å². The van der Waals surface area contributed by atoms with E-state index in [1.807, 2.05) is 25.1 Å². The van der Waals surface area contributed by atoms with Crippen molar-refractivity contribution in [2.45, 2.75) is 6.92 Å². The number of hydrogen-bond acceptors (Lipinski definition) is 9. The molecule has 0 aliphatic heterocycles. The summed E-state index contributed by atoms with van der Waals surface area (Å²) in [5, 5.41) is 18.4. The molecule has 3 aromatic heterocycles. The summed E-state index contributed by atoms with van der Waals surface area (Å²) < 4.78 is 0.975. The number of aromatic nitrogens is 4. The summed E-state index contributed by atoms with van der Waals surface area (Å²) in [6.07, 6.45) is 2.66. The maximum absolute atomic E-state index is 11.7. The third-order valence-corrected chi connectivity index (χ3v) is 4.98. The zero-order valence-corrected chi connectivity index (χ0v) is 16.0. The highest BCUT2D eigenvalue weighted by molar-refractivity contribution is 7.22. The van der Waals surface area contributed by atoms with Crippen molar-refractivity contribution in [3.8, 4) is 0 Å². The molecule has 0 amide bonds. The van der Waals surface area contributed by atoms with E-state index in [1.54, 1.807) is 12.1 Å². The molecule has 4 rings (SSSR count). The van der Waals surface area contributed by atoms with Crippen molar-refractivity contribution < 1.29 is 4.92 Å². The Labute approximate surface area is 167 Å². The van der Waals surface area contributed by atoms with Gasteiger partial charge in [-0.05, 0) is 30.7 Å². The van der Waals surface area contributed by atoms with Gasteiger partial charge in [0.2, 0.25) is 11.6 Å². The first kappa shape index (κ1) is 18.0. The van der Waals surface area contributed by atoms with Crippen molar-refractivity contribution in [2.75, 3.05) is 10.6 Å². The highest BCUT2D eigenvalue weighted by Gasteiger charge is 2.24. The molecule has 0 saturated heterocycles. The second kappa shape index (κ2) is 7.33. The minimum Gasteiger partial charge on any atom is -0.319 e. The summed E-state index contributed by atoms with van der Waals surface area (Å²) >= 11 is 7.20. The third kappa shape index (κ3) is 3.55. The lowest BCUT2D eigenvalue weighted by molar-refractivity contribution is -0.383. The summed E-state index contributed by atoms with van der Waals surface area (Å²) in [5.74, 6) is 0.413. The van der Waals surface area contributed by atoms with Crippen LogP contribution < -0.4 is 10.6 Å². The van der Waals surface area contributed by atoms with Crippen LogP contribution in [0.1, 0.15) is 5.56 Å². The van der Waals surface area contributed by atoms with Gasteiger partial charge in [0, 0.05) is 6.20 Å². The maximum Gasteiger partial charge on any atom is 0.354 e. The van der Waals surface area contributed by atoms with E-state index in [9.17, 15) is 10.1 Å². The third-order valence-electron chi connectivity index (χ3n) is 3.82. The molecular weight excluding hydrogens is 402 g/mol. The summed E-state index contributed by atoms with van der Waals surface area (Å²) in [6.45, 7) is 1.96. The first-order chi connectivity index (χ1) is 13.5. The fraction of sp³-hybridized carbons (Fsp3) is 0.0588. The highest BCUT2D eigenvalue weighted by Crippen LogP contribution is 2.35. The lowest BCUT2D eigenvalue weighted by atomic mass is 10.2. The molecule has 9 nitrogen and oxygen atoms in total.